The number of rotatable bonds is 3. The Bertz CT molecular complexity index is 590. The first-order valence-corrected chi connectivity index (χ1v) is 7.30. The fourth-order valence-electron chi connectivity index (χ4n) is 1.84. The molecular formula is C15H13BrClFO. The number of benzene rings is 2. The van der Waals surface area contributed by atoms with Crippen molar-refractivity contribution in [2.75, 3.05) is 0 Å². The maximum atomic E-state index is 13.2. The van der Waals surface area contributed by atoms with Gasteiger partial charge in [0.2, 0.25) is 0 Å². The summed E-state index contributed by atoms with van der Waals surface area (Å²) in [5, 5.41) is 1.28. The summed E-state index contributed by atoms with van der Waals surface area (Å²) in [6, 6.07) is 8.22. The highest BCUT2D eigenvalue weighted by atomic mass is 79.9. The van der Waals surface area contributed by atoms with Crippen molar-refractivity contribution in [3.8, 4) is 11.5 Å². The molecule has 0 bridgehead atoms. The molecule has 2 aromatic carbocycles. The van der Waals surface area contributed by atoms with Gasteiger partial charge in [-0.05, 0) is 55.3 Å². The highest BCUT2D eigenvalue weighted by molar-refractivity contribution is 9.08. The van der Waals surface area contributed by atoms with E-state index in [4.69, 9.17) is 16.3 Å². The third kappa shape index (κ3) is 3.28. The molecule has 0 amide bonds. The van der Waals surface area contributed by atoms with Gasteiger partial charge in [0.1, 0.15) is 17.3 Å². The molecule has 2 aromatic rings. The summed E-state index contributed by atoms with van der Waals surface area (Å²) >= 11 is 9.45. The zero-order chi connectivity index (χ0) is 14.0. The minimum absolute atomic E-state index is 0.273. The van der Waals surface area contributed by atoms with Gasteiger partial charge in [-0.25, -0.2) is 4.39 Å². The third-order valence-corrected chi connectivity index (χ3v) is 4.00. The molecule has 19 heavy (non-hydrogen) atoms. The van der Waals surface area contributed by atoms with Crippen LogP contribution in [0.4, 0.5) is 4.39 Å². The molecule has 0 saturated carbocycles. The molecule has 0 N–H and O–H groups in total. The lowest BCUT2D eigenvalue weighted by molar-refractivity contribution is 0.475. The van der Waals surface area contributed by atoms with E-state index in [-0.39, 0.29) is 5.82 Å². The zero-order valence-corrected chi connectivity index (χ0v) is 13.0. The summed E-state index contributed by atoms with van der Waals surface area (Å²) < 4.78 is 19.0. The van der Waals surface area contributed by atoms with Crippen molar-refractivity contribution in [1.29, 1.82) is 0 Å². The maximum absolute atomic E-state index is 13.2. The lowest BCUT2D eigenvalue weighted by Gasteiger charge is -2.12. The Balaban J connectivity index is 2.36. The number of ether oxygens (including phenoxy) is 1. The summed E-state index contributed by atoms with van der Waals surface area (Å²) in [7, 11) is 0. The highest BCUT2D eigenvalue weighted by Crippen LogP contribution is 2.31. The SMILES string of the molecule is Cc1cc(Oc2ccc(F)cc2CBr)cc(C)c1Cl. The highest BCUT2D eigenvalue weighted by Gasteiger charge is 2.08. The molecule has 0 spiro atoms. The molecule has 0 aromatic heterocycles. The number of halogens is 3. The fourth-order valence-corrected chi connectivity index (χ4v) is 2.39. The Morgan fingerprint density at radius 1 is 1.16 bits per heavy atom. The smallest absolute Gasteiger partial charge is 0.131 e. The molecule has 0 radical (unpaired) electrons. The van der Waals surface area contributed by atoms with Gasteiger partial charge in [0.15, 0.2) is 0 Å². The van der Waals surface area contributed by atoms with Crippen LogP contribution in [0, 0.1) is 19.7 Å². The quantitative estimate of drug-likeness (QED) is 0.642. The molecule has 0 aliphatic heterocycles. The fraction of sp³-hybridized carbons (Fsp3) is 0.200. The van der Waals surface area contributed by atoms with Crippen LogP contribution in [0.5, 0.6) is 11.5 Å². The van der Waals surface area contributed by atoms with Crippen LogP contribution in [0.15, 0.2) is 30.3 Å². The second-order valence-electron chi connectivity index (χ2n) is 4.36. The van der Waals surface area contributed by atoms with Crippen molar-refractivity contribution in [3.63, 3.8) is 0 Å². The van der Waals surface area contributed by atoms with Crippen molar-refractivity contribution < 1.29 is 9.13 Å². The van der Waals surface area contributed by atoms with Crippen molar-refractivity contribution in [2.45, 2.75) is 19.2 Å². The Morgan fingerprint density at radius 2 is 1.79 bits per heavy atom. The van der Waals surface area contributed by atoms with Crippen molar-refractivity contribution in [2.24, 2.45) is 0 Å². The minimum atomic E-state index is -0.273. The second-order valence-corrected chi connectivity index (χ2v) is 5.30. The van der Waals surface area contributed by atoms with Gasteiger partial charge in [-0.15, -0.1) is 0 Å². The first-order valence-electron chi connectivity index (χ1n) is 5.80. The number of hydrogen-bond acceptors (Lipinski definition) is 1. The van der Waals surface area contributed by atoms with Gasteiger partial charge >= 0.3 is 0 Å². The lowest BCUT2D eigenvalue weighted by atomic mass is 10.1. The molecule has 0 unspecified atom stereocenters. The predicted octanol–water partition coefficient (Wildman–Crippen LogP) is 5.78. The molecule has 2 rings (SSSR count). The largest absolute Gasteiger partial charge is 0.457 e. The molecule has 0 aliphatic carbocycles. The van der Waals surface area contributed by atoms with Crippen LogP contribution in [0.3, 0.4) is 0 Å². The summed E-state index contributed by atoms with van der Waals surface area (Å²) in [4.78, 5) is 0. The molecule has 0 heterocycles. The second kappa shape index (κ2) is 5.93. The summed E-state index contributed by atoms with van der Waals surface area (Å²) in [6.45, 7) is 3.86. The van der Waals surface area contributed by atoms with Gasteiger partial charge in [-0.1, -0.05) is 27.5 Å². The minimum Gasteiger partial charge on any atom is -0.457 e. The zero-order valence-electron chi connectivity index (χ0n) is 10.6. The molecule has 0 fully saturated rings. The van der Waals surface area contributed by atoms with E-state index in [1.54, 1.807) is 6.07 Å². The first-order chi connectivity index (χ1) is 9.01. The average molecular weight is 344 g/mol. The Kier molecular flexibility index (Phi) is 4.48. The van der Waals surface area contributed by atoms with Gasteiger partial charge in [-0.3, -0.25) is 0 Å². The van der Waals surface area contributed by atoms with Gasteiger partial charge in [0, 0.05) is 15.9 Å². The van der Waals surface area contributed by atoms with Gasteiger partial charge in [-0.2, -0.15) is 0 Å². The standard InChI is InChI=1S/C15H13BrClFO/c1-9-5-13(6-10(2)15(9)17)19-14-4-3-12(18)7-11(14)8-16/h3-7H,8H2,1-2H3. The van der Waals surface area contributed by atoms with Crippen LogP contribution in [-0.2, 0) is 5.33 Å². The van der Waals surface area contributed by atoms with E-state index in [1.807, 2.05) is 26.0 Å². The molecular weight excluding hydrogens is 331 g/mol. The van der Waals surface area contributed by atoms with E-state index in [0.717, 1.165) is 21.7 Å². The molecule has 0 aliphatic rings. The maximum Gasteiger partial charge on any atom is 0.131 e. The van der Waals surface area contributed by atoms with E-state index in [1.165, 1.54) is 12.1 Å². The van der Waals surface area contributed by atoms with Crippen molar-refractivity contribution in [1.82, 2.24) is 0 Å². The Labute approximate surface area is 125 Å². The van der Waals surface area contributed by atoms with Gasteiger partial charge in [0.05, 0.1) is 0 Å². The number of hydrogen-bond donors (Lipinski definition) is 0. The Morgan fingerprint density at radius 3 is 2.37 bits per heavy atom. The molecule has 0 saturated heterocycles. The van der Waals surface area contributed by atoms with Gasteiger partial charge < -0.3 is 4.74 Å². The lowest BCUT2D eigenvalue weighted by Crippen LogP contribution is -1.92. The van der Waals surface area contributed by atoms with Crippen LogP contribution in [0.1, 0.15) is 16.7 Å². The van der Waals surface area contributed by atoms with Crippen molar-refractivity contribution in [3.05, 3.63) is 57.9 Å². The average Bonchev–Trinajstić information content (AvgIpc) is 2.38. The topological polar surface area (TPSA) is 9.23 Å². The van der Waals surface area contributed by atoms with Crippen molar-refractivity contribution >= 4 is 27.5 Å². The summed E-state index contributed by atoms with van der Waals surface area (Å²) in [6.07, 6.45) is 0. The normalized spacial score (nSPS) is 10.6. The van der Waals surface area contributed by atoms with E-state index in [9.17, 15) is 4.39 Å². The van der Waals surface area contributed by atoms with E-state index in [0.29, 0.717) is 16.8 Å². The predicted molar refractivity (Wildman–Crippen MR) is 80.0 cm³/mol. The van der Waals surface area contributed by atoms with Crippen LogP contribution >= 0.6 is 27.5 Å². The van der Waals surface area contributed by atoms with Crippen LogP contribution in [0.25, 0.3) is 0 Å². The monoisotopic (exact) mass is 342 g/mol. The first kappa shape index (κ1) is 14.4. The van der Waals surface area contributed by atoms with E-state index < -0.39 is 0 Å². The number of aryl methyl sites for hydroxylation is 2. The van der Waals surface area contributed by atoms with E-state index in [2.05, 4.69) is 15.9 Å². The van der Waals surface area contributed by atoms with E-state index >= 15 is 0 Å². The van der Waals surface area contributed by atoms with Crippen LogP contribution < -0.4 is 4.74 Å². The molecule has 0 atom stereocenters. The third-order valence-electron chi connectivity index (χ3n) is 2.80. The number of alkyl halides is 1. The van der Waals surface area contributed by atoms with Gasteiger partial charge in [0.25, 0.3) is 0 Å². The summed E-state index contributed by atoms with van der Waals surface area (Å²) in [5.41, 5.74) is 2.68. The summed E-state index contributed by atoms with van der Waals surface area (Å²) in [5.74, 6) is 1.07. The molecule has 4 heteroatoms. The Hall–Kier alpha value is -1.06. The van der Waals surface area contributed by atoms with Crippen LogP contribution in [-0.4, -0.2) is 0 Å². The molecule has 100 valence electrons. The van der Waals surface area contributed by atoms with Crippen LogP contribution in [0.2, 0.25) is 5.02 Å². The molecule has 1 nitrogen and oxygen atoms in total.